The summed E-state index contributed by atoms with van der Waals surface area (Å²) in [5, 5.41) is 13.5. The van der Waals surface area contributed by atoms with Gasteiger partial charge < -0.3 is 15.1 Å². The number of aromatic nitrogens is 2. The molecule has 1 aromatic heterocycles. The summed E-state index contributed by atoms with van der Waals surface area (Å²) >= 11 is 1.20. The van der Waals surface area contributed by atoms with Gasteiger partial charge in [-0.25, -0.2) is 0 Å². The molecule has 0 fully saturated rings. The van der Waals surface area contributed by atoms with Crippen molar-refractivity contribution >= 4 is 35.0 Å². The Bertz CT molecular complexity index is 1030. The van der Waals surface area contributed by atoms with Gasteiger partial charge in [-0.15, -0.1) is 10.2 Å². The van der Waals surface area contributed by atoms with Gasteiger partial charge in [-0.3, -0.25) is 9.59 Å². The van der Waals surface area contributed by atoms with Crippen LogP contribution in [0.5, 0.6) is 0 Å². The zero-order chi connectivity index (χ0) is 21.0. The average Bonchev–Trinajstić information content (AvgIpc) is 3.13. The zero-order valence-corrected chi connectivity index (χ0v) is 17.5. The quantitative estimate of drug-likeness (QED) is 0.584. The molecule has 2 aromatic carbocycles. The molecule has 150 valence electrons. The molecule has 1 unspecified atom stereocenters. The van der Waals surface area contributed by atoms with Crippen LogP contribution in [0.4, 0.5) is 11.4 Å². The number of anilines is 2. The van der Waals surface area contributed by atoms with Crippen LogP contribution in [0, 0.1) is 13.8 Å². The van der Waals surface area contributed by atoms with Gasteiger partial charge in [0.25, 0.3) is 5.22 Å². The minimum absolute atomic E-state index is 0.147. The lowest BCUT2D eigenvalue weighted by Gasteiger charge is -2.10. The number of nitrogens with zero attached hydrogens (tertiary/aromatic N) is 2. The van der Waals surface area contributed by atoms with Crippen molar-refractivity contribution in [2.75, 3.05) is 10.6 Å². The number of amides is 2. The second-order valence-electron chi connectivity index (χ2n) is 6.68. The summed E-state index contributed by atoms with van der Waals surface area (Å²) in [5.74, 6) is 0.0940. The number of benzene rings is 2. The van der Waals surface area contributed by atoms with Crippen LogP contribution in [0.15, 0.2) is 52.1 Å². The number of hydrogen-bond donors (Lipinski definition) is 2. The minimum Gasteiger partial charge on any atom is -0.411 e. The molecule has 29 heavy (non-hydrogen) atoms. The fourth-order valence-corrected chi connectivity index (χ4v) is 3.22. The predicted molar refractivity (Wildman–Crippen MR) is 114 cm³/mol. The molecular weight excluding hydrogens is 388 g/mol. The van der Waals surface area contributed by atoms with E-state index in [9.17, 15) is 9.59 Å². The van der Waals surface area contributed by atoms with Crippen LogP contribution in [0.3, 0.4) is 0 Å². The molecule has 8 heteroatoms. The van der Waals surface area contributed by atoms with E-state index in [-0.39, 0.29) is 11.8 Å². The lowest BCUT2D eigenvalue weighted by Crippen LogP contribution is -2.22. The molecule has 3 rings (SSSR count). The first-order valence-electron chi connectivity index (χ1n) is 9.08. The van der Waals surface area contributed by atoms with E-state index in [1.54, 1.807) is 31.2 Å². The molecule has 0 aliphatic rings. The summed E-state index contributed by atoms with van der Waals surface area (Å²) in [6.45, 7) is 7.28. The number of thioether (sulfide) groups is 1. The highest BCUT2D eigenvalue weighted by Crippen LogP contribution is 2.27. The van der Waals surface area contributed by atoms with Crippen molar-refractivity contribution < 1.29 is 14.0 Å². The summed E-state index contributed by atoms with van der Waals surface area (Å²) in [6.07, 6.45) is 0. The van der Waals surface area contributed by atoms with Gasteiger partial charge >= 0.3 is 0 Å². The summed E-state index contributed by atoms with van der Waals surface area (Å²) in [4.78, 5) is 23.5. The van der Waals surface area contributed by atoms with Crippen LogP contribution >= 0.6 is 11.8 Å². The SMILES string of the molecule is CC(=O)Nc1ccc(NC(=O)C(C)Sc2nnc(-c3ccc(C)c(C)c3)o2)cc1. The Labute approximate surface area is 173 Å². The van der Waals surface area contributed by atoms with Gasteiger partial charge in [-0.1, -0.05) is 17.8 Å². The van der Waals surface area contributed by atoms with Crippen LogP contribution in [0.2, 0.25) is 0 Å². The molecule has 0 spiro atoms. The van der Waals surface area contributed by atoms with Crippen molar-refractivity contribution in [1.29, 1.82) is 0 Å². The van der Waals surface area contributed by atoms with Crippen LogP contribution in [0.25, 0.3) is 11.5 Å². The van der Waals surface area contributed by atoms with Crippen LogP contribution < -0.4 is 10.6 Å². The maximum Gasteiger partial charge on any atom is 0.277 e. The first-order valence-corrected chi connectivity index (χ1v) is 9.96. The van der Waals surface area contributed by atoms with Crippen molar-refractivity contribution in [1.82, 2.24) is 10.2 Å². The maximum atomic E-state index is 12.4. The lowest BCUT2D eigenvalue weighted by molar-refractivity contribution is -0.115. The first-order chi connectivity index (χ1) is 13.8. The van der Waals surface area contributed by atoms with E-state index in [2.05, 4.69) is 20.8 Å². The second-order valence-corrected chi connectivity index (χ2v) is 7.97. The molecule has 0 saturated carbocycles. The average molecular weight is 410 g/mol. The molecule has 0 bridgehead atoms. The number of aryl methyl sites for hydroxylation is 2. The normalized spacial score (nSPS) is 11.7. The largest absolute Gasteiger partial charge is 0.411 e. The van der Waals surface area contributed by atoms with E-state index in [0.717, 1.165) is 11.1 Å². The monoisotopic (exact) mass is 410 g/mol. The van der Waals surface area contributed by atoms with E-state index in [1.165, 1.54) is 24.2 Å². The molecule has 2 amide bonds. The highest BCUT2D eigenvalue weighted by atomic mass is 32.2. The van der Waals surface area contributed by atoms with Gasteiger partial charge in [0.05, 0.1) is 5.25 Å². The Kier molecular flexibility index (Phi) is 6.33. The number of rotatable bonds is 6. The third-order valence-corrected chi connectivity index (χ3v) is 5.21. The van der Waals surface area contributed by atoms with Crippen LogP contribution in [0.1, 0.15) is 25.0 Å². The van der Waals surface area contributed by atoms with Gasteiger partial charge in [0, 0.05) is 23.9 Å². The van der Waals surface area contributed by atoms with Crippen molar-refractivity contribution in [2.24, 2.45) is 0 Å². The molecule has 3 aromatic rings. The molecule has 2 N–H and O–H groups in total. The molecule has 0 saturated heterocycles. The Morgan fingerprint density at radius 3 is 2.24 bits per heavy atom. The Morgan fingerprint density at radius 2 is 1.62 bits per heavy atom. The summed E-state index contributed by atoms with van der Waals surface area (Å²) in [6, 6.07) is 12.8. The Hall–Kier alpha value is -3.13. The zero-order valence-electron chi connectivity index (χ0n) is 16.6. The smallest absolute Gasteiger partial charge is 0.277 e. The summed E-state index contributed by atoms with van der Waals surface area (Å²) in [5.41, 5.74) is 4.50. The number of carbonyl (C=O) groups is 2. The van der Waals surface area contributed by atoms with E-state index in [4.69, 9.17) is 4.42 Å². The topological polar surface area (TPSA) is 97.1 Å². The van der Waals surface area contributed by atoms with Gasteiger partial charge in [0.2, 0.25) is 17.7 Å². The lowest BCUT2D eigenvalue weighted by atomic mass is 10.1. The van der Waals surface area contributed by atoms with Crippen molar-refractivity contribution in [3.05, 3.63) is 53.6 Å². The molecule has 0 radical (unpaired) electrons. The third-order valence-electron chi connectivity index (χ3n) is 4.28. The number of nitrogens with one attached hydrogen (secondary N) is 2. The number of hydrogen-bond acceptors (Lipinski definition) is 6. The molecule has 1 heterocycles. The van der Waals surface area contributed by atoms with Crippen LogP contribution in [-0.4, -0.2) is 27.3 Å². The van der Waals surface area contributed by atoms with Gasteiger partial charge in [-0.2, -0.15) is 0 Å². The van der Waals surface area contributed by atoms with Crippen molar-refractivity contribution in [3.8, 4) is 11.5 Å². The van der Waals surface area contributed by atoms with Crippen molar-refractivity contribution in [3.63, 3.8) is 0 Å². The van der Waals surface area contributed by atoms with Gasteiger partial charge in [0.15, 0.2) is 0 Å². The molecular formula is C21H22N4O3S. The van der Waals surface area contributed by atoms with E-state index >= 15 is 0 Å². The third kappa shape index (κ3) is 5.45. The number of carbonyl (C=O) groups excluding carboxylic acids is 2. The fourth-order valence-electron chi connectivity index (χ4n) is 2.54. The van der Waals surface area contributed by atoms with Gasteiger partial charge in [0.1, 0.15) is 0 Å². The van der Waals surface area contributed by atoms with E-state index in [0.29, 0.717) is 22.5 Å². The standard InChI is InChI=1S/C21H22N4O3S/c1-12-5-6-16(11-13(12)2)20-24-25-21(28-20)29-14(3)19(27)23-18-9-7-17(8-10-18)22-15(4)26/h5-11,14H,1-4H3,(H,22,26)(H,23,27). The van der Waals surface area contributed by atoms with Gasteiger partial charge in [-0.05, 0) is 68.3 Å². The molecule has 0 aliphatic carbocycles. The van der Waals surface area contributed by atoms with E-state index < -0.39 is 5.25 Å². The summed E-state index contributed by atoms with van der Waals surface area (Å²) < 4.78 is 5.71. The molecule has 0 aliphatic heterocycles. The van der Waals surface area contributed by atoms with Crippen LogP contribution in [-0.2, 0) is 9.59 Å². The predicted octanol–water partition coefficient (Wildman–Crippen LogP) is 4.43. The Morgan fingerprint density at radius 1 is 0.966 bits per heavy atom. The molecule has 7 nitrogen and oxygen atoms in total. The second kappa shape index (κ2) is 8.91. The van der Waals surface area contributed by atoms with E-state index in [1.807, 2.05) is 32.0 Å². The minimum atomic E-state index is -0.432. The summed E-state index contributed by atoms with van der Waals surface area (Å²) in [7, 11) is 0. The maximum absolute atomic E-state index is 12.4. The fraction of sp³-hybridized carbons (Fsp3) is 0.238. The van der Waals surface area contributed by atoms with Crippen molar-refractivity contribution in [2.45, 2.75) is 38.2 Å². The highest BCUT2D eigenvalue weighted by Gasteiger charge is 2.19. The first kappa shape index (κ1) is 20.6. The molecule has 1 atom stereocenters. The highest BCUT2D eigenvalue weighted by molar-refractivity contribution is 8.00. The Balaban J connectivity index is 1.60.